The molecule has 5 nitrogen and oxygen atoms in total. The van der Waals surface area contributed by atoms with Crippen molar-refractivity contribution >= 4 is 40.9 Å². The lowest BCUT2D eigenvalue weighted by molar-refractivity contribution is -0.114. The van der Waals surface area contributed by atoms with E-state index in [4.69, 9.17) is 5.41 Å². The molecule has 1 aromatic carbocycles. The lowest BCUT2D eigenvalue weighted by Crippen LogP contribution is -2.29. The predicted octanol–water partition coefficient (Wildman–Crippen LogP) is 2.08. The standard InChI is InChI=1S/C13H17N3O2S.ClH/c1-9(17)15-11-4-2-3-10(7-11)12(18)8-16-5-6-19-13(16)14;/h2-4,7,12,14,18H,5-6,8H2,1H3,(H,15,17);1H. The number of nitrogens with one attached hydrogen (secondary N) is 2. The zero-order chi connectivity index (χ0) is 13.8. The van der Waals surface area contributed by atoms with Crippen LogP contribution in [0.3, 0.4) is 0 Å². The van der Waals surface area contributed by atoms with E-state index in [1.807, 2.05) is 11.0 Å². The van der Waals surface area contributed by atoms with Gasteiger partial charge >= 0.3 is 0 Å². The van der Waals surface area contributed by atoms with E-state index >= 15 is 0 Å². The Morgan fingerprint density at radius 1 is 1.60 bits per heavy atom. The van der Waals surface area contributed by atoms with Crippen LogP contribution in [0.1, 0.15) is 18.6 Å². The first-order valence-electron chi connectivity index (χ1n) is 6.08. The van der Waals surface area contributed by atoms with Gasteiger partial charge in [-0.2, -0.15) is 0 Å². The van der Waals surface area contributed by atoms with E-state index in [0.29, 0.717) is 17.4 Å². The van der Waals surface area contributed by atoms with Crippen LogP contribution in [0.15, 0.2) is 24.3 Å². The van der Waals surface area contributed by atoms with Crippen LogP contribution < -0.4 is 5.32 Å². The normalized spacial score (nSPS) is 15.7. The summed E-state index contributed by atoms with van der Waals surface area (Å²) in [6, 6.07) is 7.17. The highest BCUT2D eigenvalue weighted by atomic mass is 35.5. The molecule has 1 fully saturated rings. The third-order valence-electron chi connectivity index (χ3n) is 2.87. The number of amides is 1. The summed E-state index contributed by atoms with van der Waals surface area (Å²) >= 11 is 1.50. The van der Waals surface area contributed by atoms with Gasteiger partial charge in [0.2, 0.25) is 5.91 Å². The van der Waals surface area contributed by atoms with Crippen molar-refractivity contribution in [1.82, 2.24) is 4.90 Å². The van der Waals surface area contributed by atoms with Crippen molar-refractivity contribution in [3.63, 3.8) is 0 Å². The summed E-state index contributed by atoms with van der Waals surface area (Å²) in [5.74, 6) is 0.765. The molecule has 1 atom stereocenters. The highest BCUT2D eigenvalue weighted by molar-refractivity contribution is 8.14. The Bertz CT molecular complexity index is 498. The summed E-state index contributed by atoms with van der Waals surface area (Å²) < 4.78 is 0. The van der Waals surface area contributed by atoms with Gasteiger partial charge in [0.1, 0.15) is 0 Å². The van der Waals surface area contributed by atoms with Crippen molar-refractivity contribution in [2.24, 2.45) is 0 Å². The van der Waals surface area contributed by atoms with Crippen LogP contribution in [0.2, 0.25) is 0 Å². The summed E-state index contributed by atoms with van der Waals surface area (Å²) in [5, 5.41) is 21.1. The number of hydrogen-bond acceptors (Lipinski definition) is 4. The Kier molecular flexibility index (Phi) is 6.32. The van der Waals surface area contributed by atoms with Crippen molar-refractivity contribution in [2.45, 2.75) is 13.0 Å². The second kappa shape index (κ2) is 7.52. The molecule has 0 spiro atoms. The third kappa shape index (κ3) is 4.40. The average Bonchev–Trinajstić information content (AvgIpc) is 2.74. The lowest BCUT2D eigenvalue weighted by Gasteiger charge is -2.21. The number of nitrogens with zero attached hydrogens (tertiary/aromatic N) is 1. The first-order chi connectivity index (χ1) is 9.06. The van der Waals surface area contributed by atoms with Gasteiger partial charge in [0.25, 0.3) is 0 Å². The summed E-state index contributed by atoms with van der Waals surface area (Å²) in [7, 11) is 0. The van der Waals surface area contributed by atoms with Crippen molar-refractivity contribution in [1.29, 1.82) is 5.41 Å². The molecule has 1 saturated heterocycles. The fourth-order valence-corrected chi connectivity index (χ4v) is 2.81. The first-order valence-corrected chi connectivity index (χ1v) is 7.07. The second-order valence-electron chi connectivity index (χ2n) is 4.42. The first kappa shape index (κ1) is 16.8. The lowest BCUT2D eigenvalue weighted by atomic mass is 10.1. The molecule has 1 aromatic rings. The number of carbonyl (C=O) groups excluding carboxylic acids is 1. The molecular formula is C13H18ClN3O2S. The maximum Gasteiger partial charge on any atom is 0.221 e. The van der Waals surface area contributed by atoms with Crippen LogP contribution in [-0.2, 0) is 4.79 Å². The number of amidine groups is 1. The van der Waals surface area contributed by atoms with Crippen LogP contribution in [0, 0.1) is 5.41 Å². The van der Waals surface area contributed by atoms with Crippen molar-refractivity contribution in [2.75, 3.05) is 24.2 Å². The van der Waals surface area contributed by atoms with Crippen LogP contribution >= 0.6 is 24.2 Å². The number of thioether (sulfide) groups is 1. The van der Waals surface area contributed by atoms with Gasteiger partial charge in [-0.25, -0.2) is 0 Å². The Hall–Kier alpha value is -1.24. The van der Waals surface area contributed by atoms with Gasteiger partial charge in [0.15, 0.2) is 5.17 Å². The number of hydrogen-bond donors (Lipinski definition) is 3. The van der Waals surface area contributed by atoms with Crippen LogP contribution in [0.4, 0.5) is 5.69 Å². The van der Waals surface area contributed by atoms with Gasteiger partial charge in [-0.05, 0) is 17.7 Å². The Morgan fingerprint density at radius 3 is 2.95 bits per heavy atom. The molecule has 0 aliphatic carbocycles. The van der Waals surface area contributed by atoms with Crippen molar-refractivity contribution in [3.05, 3.63) is 29.8 Å². The van der Waals surface area contributed by atoms with E-state index in [-0.39, 0.29) is 18.3 Å². The van der Waals surface area contributed by atoms with Crippen LogP contribution in [0.5, 0.6) is 0 Å². The van der Waals surface area contributed by atoms with Crippen molar-refractivity contribution < 1.29 is 9.90 Å². The van der Waals surface area contributed by atoms with E-state index < -0.39 is 6.10 Å². The zero-order valence-corrected chi connectivity index (χ0v) is 12.8. The van der Waals surface area contributed by atoms with E-state index in [2.05, 4.69) is 5.32 Å². The third-order valence-corrected chi connectivity index (χ3v) is 3.79. The van der Waals surface area contributed by atoms with Gasteiger partial charge < -0.3 is 15.3 Å². The minimum atomic E-state index is -0.659. The van der Waals surface area contributed by atoms with Crippen LogP contribution in [0.25, 0.3) is 0 Å². The smallest absolute Gasteiger partial charge is 0.221 e. The molecule has 0 bridgehead atoms. The van der Waals surface area contributed by atoms with Gasteiger partial charge in [0, 0.05) is 31.5 Å². The second-order valence-corrected chi connectivity index (χ2v) is 5.51. The molecule has 1 unspecified atom stereocenters. The number of benzene rings is 1. The molecule has 1 amide bonds. The molecule has 0 radical (unpaired) electrons. The molecule has 7 heteroatoms. The molecular weight excluding hydrogens is 298 g/mol. The van der Waals surface area contributed by atoms with E-state index in [0.717, 1.165) is 17.9 Å². The molecule has 20 heavy (non-hydrogen) atoms. The summed E-state index contributed by atoms with van der Waals surface area (Å²) in [4.78, 5) is 12.9. The highest BCUT2D eigenvalue weighted by Gasteiger charge is 2.21. The number of halogens is 1. The predicted molar refractivity (Wildman–Crippen MR) is 84.7 cm³/mol. The molecule has 3 N–H and O–H groups in total. The molecule has 0 aromatic heterocycles. The number of β-amino-alcohol motifs (C(OH)–C–C–N with tert-alkyl or cyclic N) is 1. The Labute approximate surface area is 128 Å². The number of anilines is 1. The van der Waals surface area contributed by atoms with Crippen molar-refractivity contribution in [3.8, 4) is 0 Å². The summed E-state index contributed by atoms with van der Waals surface area (Å²) in [6.45, 7) is 2.66. The maximum atomic E-state index is 11.0. The maximum absolute atomic E-state index is 11.0. The van der Waals surface area contributed by atoms with Gasteiger partial charge in [0.05, 0.1) is 6.10 Å². The van der Waals surface area contributed by atoms with E-state index in [9.17, 15) is 9.90 Å². The quantitative estimate of drug-likeness (QED) is 0.795. The molecule has 0 saturated carbocycles. The fourth-order valence-electron chi connectivity index (χ4n) is 1.96. The van der Waals surface area contributed by atoms with Crippen LogP contribution in [-0.4, -0.2) is 39.9 Å². The number of aliphatic hydroxyl groups is 1. The molecule has 1 aliphatic rings. The number of aliphatic hydroxyl groups excluding tert-OH is 1. The van der Waals surface area contributed by atoms with Gasteiger partial charge in [-0.1, -0.05) is 23.9 Å². The van der Waals surface area contributed by atoms with Gasteiger partial charge in [-0.3, -0.25) is 10.2 Å². The SMILES string of the molecule is CC(=O)Nc1cccc(C(O)CN2CCSC2=N)c1.Cl. The summed E-state index contributed by atoms with van der Waals surface area (Å²) in [6.07, 6.45) is -0.659. The zero-order valence-electron chi connectivity index (χ0n) is 11.1. The molecule has 1 heterocycles. The minimum Gasteiger partial charge on any atom is -0.387 e. The monoisotopic (exact) mass is 315 g/mol. The largest absolute Gasteiger partial charge is 0.387 e. The number of carbonyl (C=O) groups is 1. The Morgan fingerprint density at radius 2 is 2.35 bits per heavy atom. The topological polar surface area (TPSA) is 76.4 Å². The minimum absolute atomic E-state index is 0. The molecule has 110 valence electrons. The molecule has 2 rings (SSSR count). The number of rotatable bonds is 4. The van der Waals surface area contributed by atoms with Gasteiger partial charge in [-0.15, -0.1) is 12.4 Å². The Balaban J connectivity index is 0.00000200. The highest BCUT2D eigenvalue weighted by Crippen LogP contribution is 2.22. The van der Waals surface area contributed by atoms with E-state index in [1.54, 1.807) is 18.2 Å². The fraction of sp³-hybridized carbons (Fsp3) is 0.385. The van der Waals surface area contributed by atoms with E-state index in [1.165, 1.54) is 18.7 Å². The molecule has 1 aliphatic heterocycles. The average molecular weight is 316 g/mol. The summed E-state index contributed by atoms with van der Waals surface area (Å²) in [5.41, 5.74) is 1.42.